The number of carbonyl (C=O) groups excluding carboxylic acids is 1. The van der Waals surface area contributed by atoms with E-state index in [4.69, 9.17) is 0 Å². The number of hydrogen-bond donors (Lipinski definition) is 1. The minimum atomic E-state index is -0.0843. The summed E-state index contributed by atoms with van der Waals surface area (Å²) in [6.45, 7) is 0.775. The fraction of sp³-hybridized carbons (Fsp3) is 0.250. The van der Waals surface area contributed by atoms with Crippen LogP contribution in [0.25, 0.3) is 5.82 Å². The first-order valence-electron chi connectivity index (χ1n) is 7.72. The third-order valence-corrected chi connectivity index (χ3v) is 4.80. The summed E-state index contributed by atoms with van der Waals surface area (Å²) in [7, 11) is 0. The molecule has 7 nitrogen and oxygen atoms in total. The van der Waals surface area contributed by atoms with Crippen LogP contribution in [0.3, 0.4) is 0 Å². The van der Waals surface area contributed by atoms with E-state index < -0.39 is 0 Å². The highest BCUT2D eigenvalue weighted by Crippen LogP contribution is 2.33. The molecule has 2 amide bonds. The van der Waals surface area contributed by atoms with Crippen LogP contribution in [0.1, 0.15) is 24.4 Å². The van der Waals surface area contributed by atoms with Crippen molar-refractivity contribution in [3.8, 4) is 5.82 Å². The molecule has 0 saturated carbocycles. The Morgan fingerprint density at radius 2 is 2.29 bits per heavy atom. The lowest BCUT2D eigenvalue weighted by Gasteiger charge is -2.24. The van der Waals surface area contributed by atoms with Crippen molar-refractivity contribution in [3.63, 3.8) is 0 Å². The van der Waals surface area contributed by atoms with Gasteiger partial charge in [-0.3, -0.25) is 0 Å². The molecule has 0 aliphatic carbocycles. The number of likely N-dealkylation sites (tertiary alicyclic amines) is 1. The van der Waals surface area contributed by atoms with E-state index in [1.54, 1.807) is 34.6 Å². The van der Waals surface area contributed by atoms with E-state index in [9.17, 15) is 4.79 Å². The van der Waals surface area contributed by atoms with E-state index in [-0.39, 0.29) is 12.1 Å². The van der Waals surface area contributed by atoms with Gasteiger partial charge in [0.25, 0.3) is 0 Å². The maximum Gasteiger partial charge on any atom is 0.322 e. The van der Waals surface area contributed by atoms with Crippen molar-refractivity contribution in [3.05, 3.63) is 53.4 Å². The van der Waals surface area contributed by atoms with Gasteiger partial charge in [-0.15, -0.1) is 0 Å². The molecule has 3 aromatic rings. The second-order valence-electron chi connectivity index (χ2n) is 5.58. The normalized spacial score (nSPS) is 17.2. The lowest BCUT2D eigenvalue weighted by molar-refractivity contribution is 0.207. The quantitative estimate of drug-likeness (QED) is 0.795. The van der Waals surface area contributed by atoms with Gasteiger partial charge in [-0.1, -0.05) is 0 Å². The van der Waals surface area contributed by atoms with Crippen LogP contribution in [0.4, 0.5) is 10.5 Å². The number of urea groups is 1. The average Bonchev–Trinajstić information content (AvgIpc) is 3.35. The summed E-state index contributed by atoms with van der Waals surface area (Å²) < 4.78 is 1.57. The number of carbonyl (C=O) groups is 1. The molecule has 4 heterocycles. The number of aromatic nitrogens is 4. The molecule has 1 saturated heterocycles. The van der Waals surface area contributed by atoms with Crippen LogP contribution < -0.4 is 5.32 Å². The van der Waals surface area contributed by atoms with Gasteiger partial charge in [-0.2, -0.15) is 16.4 Å². The molecular formula is C16H16N6OS. The summed E-state index contributed by atoms with van der Waals surface area (Å²) in [4.78, 5) is 22.7. The Morgan fingerprint density at radius 3 is 3.00 bits per heavy atom. The van der Waals surface area contributed by atoms with E-state index in [2.05, 4.69) is 37.2 Å². The predicted molar refractivity (Wildman–Crippen MR) is 91.2 cm³/mol. The average molecular weight is 340 g/mol. The molecule has 24 heavy (non-hydrogen) atoms. The molecule has 0 spiro atoms. The van der Waals surface area contributed by atoms with E-state index in [0.29, 0.717) is 11.5 Å². The zero-order valence-corrected chi connectivity index (χ0v) is 13.7. The van der Waals surface area contributed by atoms with Crippen molar-refractivity contribution in [1.82, 2.24) is 24.6 Å². The van der Waals surface area contributed by atoms with Gasteiger partial charge in [0.2, 0.25) is 0 Å². The molecule has 1 atom stereocenters. The van der Waals surface area contributed by atoms with Crippen LogP contribution >= 0.6 is 11.3 Å². The van der Waals surface area contributed by atoms with E-state index in [1.807, 2.05) is 11.0 Å². The van der Waals surface area contributed by atoms with Crippen molar-refractivity contribution in [2.75, 3.05) is 11.9 Å². The summed E-state index contributed by atoms with van der Waals surface area (Å²) in [5.74, 6) is 0.655. The largest absolute Gasteiger partial charge is 0.322 e. The van der Waals surface area contributed by atoms with E-state index in [1.165, 1.54) is 11.9 Å². The topological polar surface area (TPSA) is 75.9 Å². The zero-order chi connectivity index (χ0) is 16.4. The standard InChI is InChI=1S/C16H16N6OS/c23-16(21-6-1-2-14(21)12-5-7-24-9-12)20-13-3-4-15(18-8-13)22-11-17-10-19-22/h3-5,7-11,14H,1-2,6H2,(H,20,23). The number of hydrogen-bond acceptors (Lipinski definition) is 5. The summed E-state index contributed by atoms with van der Waals surface area (Å²) in [6, 6.07) is 5.79. The lowest BCUT2D eigenvalue weighted by atomic mass is 10.1. The third-order valence-electron chi connectivity index (χ3n) is 4.09. The third kappa shape index (κ3) is 2.88. The maximum absolute atomic E-state index is 12.6. The van der Waals surface area contributed by atoms with Crippen molar-refractivity contribution in [1.29, 1.82) is 0 Å². The van der Waals surface area contributed by atoms with Gasteiger partial charge in [0.15, 0.2) is 5.82 Å². The highest BCUT2D eigenvalue weighted by molar-refractivity contribution is 7.08. The van der Waals surface area contributed by atoms with E-state index in [0.717, 1.165) is 19.4 Å². The fourth-order valence-electron chi connectivity index (χ4n) is 2.94. The molecule has 122 valence electrons. The first-order chi connectivity index (χ1) is 11.8. The summed E-state index contributed by atoms with van der Waals surface area (Å²) in [5.41, 5.74) is 1.88. The second-order valence-corrected chi connectivity index (χ2v) is 6.36. The Balaban J connectivity index is 1.46. The summed E-state index contributed by atoms with van der Waals surface area (Å²) in [5, 5.41) is 11.1. The number of pyridine rings is 1. The highest BCUT2D eigenvalue weighted by atomic mass is 32.1. The van der Waals surface area contributed by atoms with Crippen molar-refractivity contribution >= 4 is 23.1 Å². The van der Waals surface area contributed by atoms with Gasteiger partial charge in [0.1, 0.15) is 12.7 Å². The SMILES string of the molecule is O=C(Nc1ccc(-n2cncn2)nc1)N1CCCC1c1ccsc1. The summed E-state index contributed by atoms with van der Waals surface area (Å²) >= 11 is 1.66. The molecule has 0 aromatic carbocycles. The van der Waals surface area contributed by atoms with Gasteiger partial charge in [-0.05, 0) is 47.4 Å². The lowest BCUT2D eigenvalue weighted by Crippen LogP contribution is -2.34. The fourth-order valence-corrected chi connectivity index (χ4v) is 3.65. The Morgan fingerprint density at radius 1 is 1.33 bits per heavy atom. The number of amides is 2. The molecule has 4 rings (SSSR count). The highest BCUT2D eigenvalue weighted by Gasteiger charge is 2.30. The monoisotopic (exact) mass is 340 g/mol. The minimum absolute atomic E-state index is 0.0843. The van der Waals surface area contributed by atoms with Crippen LogP contribution in [0.2, 0.25) is 0 Å². The minimum Gasteiger partial charge on any atom is -0.317 e. The first kappa shape index (κ1) is 14.8. The Labute approximate surface area is 143 Å². The Kier molecular flexibility index (Phi) is 3.96. The number of nitrogens with zero attached hydrogens (tertiary/aromatic N) is 5. The van der Waals surface area contributed by atoms with Gasteiger partial charge >= 0.3 is 6.03 Å². The van der Waals surface area contributed by atoms with E-state index >= 15 is 0 Å². The van der Waals surface area contributed by atoms with Crippen molar-refractivity contribution in [2.45, 2.75) is 18.9 Å². The number of rotatable bonds is 3. The molecule has 3 aromatic heterocycles. The number of nitrogens with one attached hydrogen (secondary N) is 1. The van der Waals surface area contributed by atoms with Crippen molar-refractivity contribution < 1.29 is 4.79 Å². The van der Waals surface area contributed by atoms with Crippen molar-refractivity contribution in [2.24, 2.45) is 0 Å². The molecule has 1 N–H and O–H groups in total. The number of anilines is 1. The molecule has 1 unspecified atom stereocenters. The van der Waals surface area contributed by atoms with Gasteiger partial charge in [0.05, 0.1) is 17.9 Å². The molecule has 1 fully saturated rings. The smallest absolute Gasteiger partial charge is 0.317 e. The summed E-state index contributed by atoms with van der Waals surface area (Å²) in [6.07, 6.45) is 6.70. The van der Waals surface area contributed by atoms with Gasteiger partial charge < -0.3 is 10.2 Å². The van der Waals surface area contributed by atoms with Crippen LogP contribution in [-0.2, 0) is 0 Å². The van der Waals surface area contributed by atoms with Crippen LogP contribution in [0.15, 0.2) is 47.8 Å². The van der Waals surface area contributed by atoms with Crippen LogP contribution in [-0.4, -0.2) is 37.2 Å². The molecule has 1 aliphatic heterocycles. The maximum atomic E-state index is 12.6. The molecule has 8 heteroatoms. The van der Waals surface area contributed by atoms with Crippen LogP contribution in [0, 0.1) is 0 Å². The molecule has 0 bridgehead atoms. The molecule has 1 aliphatic rings. The second kappa shape index (κ2) is 6.40. The first-order valence-corrected chi connectivity index (χ1v) is 8.66. The zero-order valence-electron chi connectivity index (χ0n) is 12.9. The Hall–Kier alpha value is -2.74. The molecule has 0 radical (unpaired) electrons. The van der Waals surface area contributed by atoms with Crippen LogP contribution in [0.5, 0.6) is 0 Å². The van der Waals surface area contributed by atoms with Gasteiger partial charge in [-0.25, -0.2) is 19.4 Å². The predicted octanol–water partition coefficient (Wildman–Crippen LogP) is 3.09. The van der Waals surface area contributed by atoms with Gasteiger partial charge in [0, 0.05) is 6.54 Å². The molecular weight excluding hydrogens is 324 g/mol. The Bertz CT molecular complexity index is 800. The number of thiophene rings is 1.